The molecule has 8 heteroatoms. The molecule has 1 fully saturated rings. The Morgan fingerprint density at radius 2 is 1.48 bits per heavy atom. The summed E-state index contributed by atoms with van der Waals surface area (Å²) in [5, 5.41) is 0. The summed E-state index contributed by atoms with van der Waals surface area (Å²) in [5.41, 5.74) is 0.116. The van der Waals surface area contributed by atoms with Gasteiger partial charge < -0.3 is 14.2 Å². The van der Waals surface area contributed by atoms with Crippen molar-refractivity contribution in [3.8, 4) is 17.2 Å². The zero-order valence-electron chi connectivity index (χ0n) is 16.6. The number of esters is 1. The minimum atomic E-state index is -3.79. The number of sulfonamides is 1. The van der Waals surface area contributed by atoms with Gasteiger partial charge in [-0.15, -0.1) is 0 Å². The molecule has 0 radical (unpaired) electrons. The Labute approximate surface area is 171 Å². The first-order valence-electron chi connectivity index (χ1n) is 9.50. The highest BCUT2D eigenvalue weighted by Crippen LogP contribution is 2.31. The molecule has 29 heavy (non-hydrogen) atoms. The van der Waals surface area contributed by atoms with E-state index >= 15 is 0 Å². The maximum atomic E-state index is 13.2. The average Bonchev–Trinajstić information content (AvgIpc) is 3.04. The van der Waals surface area contributed by atoms with Gasteiger partial charge in [0.25, 0.3) is 0 Å². The monoisotopic (exact) mass is 419 g/mol. The molecule has 1 aliphatic rings. The number of ether oxygens (including phenoxy) is 3. The van der Waals surface area contributed by atoms with E-state index in [0.29, 0.717) is 18.8 Å². The van der Waals surface area contributed by atoms with Crippen molar-refractivity contribution >= 4 is 16.0 Å². The number of methoxy groups -OCH3 is 2. The Morgan fingerprint density at radius 3 is 2.10 bits per heavy atom. The van der Waals surface area contributed by atoms with Crippen LogP contribution < -0.4 is 14.2 Å². The quantitative estimate of drug-likeness (QED) is 0.527. The van der Waals surface area contributed by atoms with Crippen LogP contribution >= 0.6 is 0 Å². The summed E-state index contributed by atoms with van der Waals surface area (Å²) in [6, 6.07) is 11.0. The van der Waals surface area contributed by atoms with Gasteiger partial charge in [-0.05, 0) is 43.2 Å². The topological polar surface area (TPSA) is 82.1 Å². The molecule has 7 nitrogen and oxygen atoms in total. The molecule has 156 valence electrons. The molecular weight excluding hydrogens is 394 g/mol. The first-order chi connectivity index (χ1) is 14.0. The lowest BCUT2D eigenvalue weighted by Gasteiger charge is -2.21. The second-order valence-electron chi connectivity index (χ2n) is 6.72. The third-order valence-corrected chi connectivity index (χ3v) is 6.77. The molecular formula is C21H25NO6S. The molecule has 0 aromatic heterocycles. The fraction of sp³-hybridized carbons (Fsp3) is 0.381. The van der Waals surface area contributed by atoms with Gasteiger partial charge in [0.2, 0.25) is 10.0 Å². The zero-order valence-corrected chi connectivity index (χ0v) is 17.4. The van der Waals surface area contributed by atoms with Crippen molar-refractivity contribution in [2.45, 2.75) is 30.6 Å². The number of hydrogen-bond acceptors (Lipinski definition) is 6. The van der Waals surface area contributed by atoms with Crippen molar-refractivity contribution in [3.63, 3.8) is 0 Å². The normalized spacial score (nSPS) is 15.4. The van der Waals surface area contributed by atoms with Crippen LogP contribution in [0.4, 0.5) is 0 Å². The first kappa shape index (κ1) is 21.1. The lowest BCUT2D eigenvalue weighted by Crippen LogP contribution is -2.32. The number of rotatable bonds is 6. The molecule has 1 heterocycles. The van der Waals surface area contributed by atoms with Crippen molar-refractivity contribution in [1.29, 1.82) is 0 Å². The molecule has 0 unspecified atom stereocenters. The molecule has 0 N–H and O–H groups in total. The zero-order chi connectivity index (χ0) is 20.9. The van der Waals surface area contributed by atoms with Gasteiger partial charge in [-0.1, -0.05) is 25.0 Å². The Kier molecular flexibility index (Phi) is 6.76. The van der Waals surface area contributed by atoms with E-state index in [-0.39, 0.29) is 22.0 Å². The van der Waals surface area contributed by atoms with E-state index in [0.717, 1.165) is 25.7 Å². The van der Waals surface area contributed by atoms with Crippen LogP contribution in [-0.4, -0.2) is 46.0 Å². The smallest absolute Gasteiger partial charge is 0.343 e. The third-order valence-electron chi connectivity index (χ3n) is 4.85. The van der Waals surface area contributed by atoms with E-state index in [4.69, 9.17) is 14.2 Å². The number of hydrogen-bond donors (Lipinski definition) is 0. The van der Waals surface area contributed by atoms with Gasteiger partial charge in [0.15, 0.2) is 11.5 Å². The second-order valence-corrected chi connectivity index (χ2v) is 8.63. The van der Waals surface area contributed by atoms with Crippen LogP contribution in [0.1, 0.15) is 36.0 Å². The van der Waals surface area contributed by atoms with Crippen molar-refractivity contribution in [1.82, 2.24) is 4.31 Å². The van der Waals surface area contributed by atoms with Gasteiger partial charge in [-0.25, -0.2) is 13.2 Å². The van der Waals surface area contributed by atoms with Crippen LogP contribution in [0.5, 0.6) is 17.2 Å². The summed E-state index contributed by atoms with van der Waals surface area (Å²) in [6.45, 7) is 0.919. The van der Waals surface area contributed by atoms with Crippen LogP contribution in [-0.2, 0) is 10.0 Å². The van der Waals surface area contributed by atoms with Gasteiger partial charge in [-0.3, -0.25) is 0 Å². The SMILES string of the molecule is COc1ccccc1OC(=O)c1ccc(OC)c(S(=O)(=O)N2CCCCCC2)c1. The standard InChI is InChI=1S/C21H25NO6S/c1-26-17-9-5-6-10-18(17)28-21(23)16-11-12-19(27-2)20(15-16)29(24,25)22-13-7-3-4-8-14-22/h5-6,9-12,15H,3-4,7-8,13-14H2,1-2H3. The van der Waals surface area contributed by atoms with Gasteiger partial charge in [0.1, 0.15) is 10.6 Å². The molecule has 0 spiro atoms. The summed E-state index contributed by atoms with van der Waals surface area (Å²) in [4.78, 5) is 12.6. The Hall–Kier alpha value is -2.58. The van der Waals surface area contributed by atoms with E-state index in [2.05, 4.69) is 0 Å². The number of benzene rings is 2. The summed E-state index contributed by atoms with van der Waals surface area (Å²) < 4.78 is 43.8. The molecule has 0 bridgehead atoms. The molecule has 1 aliphatic heterocycles. The molecule has 2 aromatic rings. The van der Waals surface area contributed by atoms with Crippen LogP contribution in [0.25, 0.3) is 0 Å². The fourth-order valence-electron chi connectivity index (χ4n) is 3.29. The van der Waals surface area contributed by atoms with E-state index in [9.17, 15) is 13.2 Å². The number of carbonyl (C=O) groups excluding carboxylic acids is 1. The summed E-state index contributed by atoms with van der Waals surface area (Å²) in [6.07, 6.45) is 3.65. The molecule has 0 atom stereocenters. The van der Waals surface area contributed by atoms with Crippen molar-refractivity contribution in [3.05, 3.63) is 48.0 Å². The second kappa shape index (κ2) is 9.28. The fourth-order valence-corrected chi connectivity index (χ4v) is 4.99. The van der Waals surface area contributed by atoms with Gasteiger partial charge in [0, 0.05) is 13.1 Å². The van der Waals surface area contributed by atoms with Gasteiger partial charge in [0.05, 0.1) is 19.8 Å². The lowest BCUT2D eigenvalue weighted by atomic mass is 10.2. The molecule has 0 aliphatic carbocycles. The largest absolute Gasteiger partial charge is 0.495 e. The van der Waals surface area contributed by atoms with Gasteiger partial charge >= 0.3 is 5.97 Å². The van der Waals surface area contributed by atoms with Crippen LogP contribution in [0.15, 0.2) is 47.4 Å². The molecule has 3 rings (SSSR count). The highest BCUT2D eigenvalue weighted by Gasteiger charge is 2.29. The number of para-hydroxylation sites is 2. The number of carbonyl (C=O) groups is 1. The highest BCUT2D eigenvalue weighted by molar-refractivity contribution is 7.89. The van der Waals surface area contributed by atoms with E-state index < -0.39 is 16.0 Å². The number of nitrogens with zero attached hydrogens (tertiary/aromatic N) is 1. The maximum Gasteiger partial charge on any atom is 0.343 e. The average molecular weight is 419 g/mol. The van der Waals surface area contributed by atoms with Crippen molar-refractivity contribution < 1.29 is 27.4 Å². The summed E-state index contributed by atoms with van der Waals surface area (Å²) >= 11 is 0. The van der Waals surface area contributed by atoms with Crippen LogP contribution in [0, 0.1) is 0 Å². The lowest BCUT2D eigenvalue weighted by molar-refractivity contribution is 0.0729. The third kappa shape index (κ3) is 4.71. The molecule has 0 saturated carbocycles. The summed E-state index contributed by atoms with van der Waals surface area (Å²) in [7, 11) is -0.910. The Bertz CT molecular complexity index is 965. The molecule has 2 aromatic carbocycles. The molecule has 1 saturated heterocycles. The van der Waals surface area contributed by atoms with Crippen LogP contribution in [0.2, 0.25) is 0 Å². The van der Waals surface area contributed by atoms with E-state index in [1.165, 1.54) is 36.7 Å². The summed E-state index contributed by atoms with van der Waals surface area (Å²) in [5.74, 6) is 0.187. The molecule has 0 amide bonds. The predicted octanol–water partition coefficient (Wildman–Crippen LogP) is 3.49. The van der Waals surface area contributed by atoms with E-state index in [1.54, 1.807) is 24.3 Å². The minimum Gasteiger partial charge on any atom is -0.495 e. The Morgan fingerprint density at radius 1 is 0.862 bits per heavy atom. The van der Waals surface area contributed by atoms with Gasteiger partial charge in [-0.2, -0.15) is 4.31 Å². The minimum absolute atomic E-state index is 0.0311. The highest BCUT2D eigenvalue weighted by atomic mass is 32.2. The maximum absolute atomic E-state index is 13.2. The Balaban J connectivity index is 1.93. The predicted molar refractivity (Wildman–Crippen MR) is 108 cm³/mol. The van der Waals surface area contributed by atoms with Crippen molar-refractivity contribution in [2.75, 3.05) is 27.3 Å². The van der Waals surface area contributed by atoms with Crippen LogP contribution in [0.3, 0.4) is 0 Å². The van der Waals surface area contributed by atoms with E-state index in [1.807, 2.05) is 0 Å². The van der Waals surface area contributed by atoms with Crippen molar-refractivity contribution in [2.24, 2.45) is 0 Å². The first-order valence-corrected chi connectivity index (χ1v) is 10.9.